The minimum absolute atomic E-state index is 0.618. The lowest BCUT2D eigenvalue weighted by molar-refractivity contribution is -0.0262. The van der Waals surface area contributed by atoms with Crippen LogP contribution < -0.4 is 0 Å². The van der Waals surface area contributed by atoms with Crippen LogP contribution in [0.5, 0.6) is 0 Å². The van der Waals surface area contributed by atoms with E-state index in [4.69, 9.17) is 0 Å². The third kappa shape index (κ3) is 3.01. The molecule has 1 aliphatic rings. The molecule has 1 heterocycles. The molecule has 1 aromatic carbocycles. The van der Waals surface area contributed by atoms with Crippen LogP contribution in [0.1, 0.15) is 48.4 Å². The molecule has 0 aliphatic carbocycles. The van der Waals surface area contributed by atoms with E-state index in [1.807, 2.05) is 0 Å². The van der Waals surface area contributed by atoms with Crippen LogP contribution in [0.25, 0.3) is 0 Å². The standard InChI is InChI=1S/C17H27NO/c1-5-8-18-9-6-17(19,7-10-18)16-12-14(3)13(2)11-15(16)4/h11-12,19H,5-10H2,1-4H3. The van der Waals surface area contributed by atoms with Gasteiger partial charge in [0.1, 0.15) is 0 Å². The zero-order valence-electron chi connectivity index (χ0n) is 12.8. The van der Waals surface area contributed by atoms with Gasteiger partial charge in [-0.25, -0.2) is 0 Å². The lowest BCUT2D eigenvalue weighted by atomic mass is 9.81. The zero-order valence-corrected chi connectivity index (χ0v) is 12.8. The molecular weight excluding hydrogens is 234 g/mol. The average molecular weight is 261 g/mol. The summed E-state index contributed by atoms with van der Waals surface area (Å²) < 4.78 is 0. The molecule has 1 aromatic rings. The van der Waals surface area contributed by atoms with Crippen molar-refractivity contribution in [3.63, 3.8) is 0 Å². The Morgan fingerprint density at radius 3 is 2.21 bits per heavy atom. The van der Waals surface area contributed by atoms with Crippen molar-refractivity contribution in [3.05, 3.63) is 34.4 Å². The molecule has 0 atom stereocenters. The Bertz CT molecular complexity index is 445. The van der Waals surface area contributed by atoms with Crippen LogP contribution in [0.4, 0.5) is 0 Å². The van der Waals surface area contributed by atoms with Crippen LogP contribution in [0.2, 0.25) is 0 Å². The molecule has 19 heavy (non-hydrogen) atoms. The molecule has 2 heteroatoms. The SMILES string of the molecule is CCCN1CCC(O)(c2cc(C)c(C)cc2C)CC1. The molecule has 1 fully saturated rings. The largest absolute Gasteiger partial charge is 0.385 e. The third-order valence-electron chi connectivity index (χ3n) is 4.57. The van der Waals surface area contributed by atoms with Crippen LogP contribution in [0.3, 0.4) is 0 Å². The minimum Gasteiger partial charge on any atom is -0.385 e. The molecular formula is C17H27NO. The second-order valence-corrected chi connectivity index (χ2v) is 6.12. The number of rotatable bonds is 3. The highest BCUT2D eigenvalue weighted by molar-refractivity contribution is 5.40. The van der Waals surface area contributed by atoms with Gasteiger partial charge in [-0.3, -0.25) is 0 Å². The van der Waals surface area contributed by atoms with E-state index in [-0.39, 0.29) is 0 Å². The summed E-state index contributed by atoms with van der Waals surface area (Å²) in [6.45, 7) is 11.8. The molecule has 1 saturated heterocycles. The molecule has 1 N–H and O–H groups in total. The number of aryl methyl sites for hydroxylation is 3. The van der Waals surface area contributed by atoms with Gasteiger partial charge in [-0.2, -0.15) is 0 Å². The highest BCUT2D eigenvalue weighted by atomic mass is 16.3. The lowest BCUT2D eigenvalue weighted by Gasteiger charge is -2.39. The fourth-order valence-electron chi connectivity index (χ4n) is 3.19. The maximum absolute atomic E-state index is 11.0. The van der Waals surface area contributed by atoms with Crippen molar-refractivity contribution in [2.75, 3.05) is 19.6 Å². The van der Waals surface area contributed by atoms with Gasteiger partial charge in [0.05, 0.1) is 5.60 Å². The van der Waals surface area contributed by atoms with Crippen molar-refractivity contribution in [1.29, 1.82) is 0 Å². The monoisotopic (exact) mass is 261 g/mol. The van der Waals surface area contributed by atoms with Crippen LogP contribution in [-0.2, 0) is 5.60 Å². The highest BCUT2D eigenvalue weighted by Gasteiger charge is 2.34. The van der Waals surface area contributed by atoms with E-state index in [9.17, 15) is 5.11 Å². The Hall–Kier alpha value is -0.860. The van der Waals surface area contributed by atoms with Crippen molar-refractivity contribution in [2.45, 2.75) is 52.6 Å². The first kappa shape index (κ1) is 14.5. The Morgan fingerprint density at radius 2 is 1.63 bits per heavy atom. The molecule has 0 bridgehead atoms. The third-order valence-corrected chi connectivity index (χ3v) is 4.57. The van der Waals surface area contributed by atoms with Crippen LogP contribution >= 0.6 is 0 Å². The summed E-state index contributed by atoms with van der Waals surface area (Å²) in [7, 11) is 0. The van der Waals surface area contributed by atoms with Crippen molar-refractivity contribution in [2.24, 2.45) is 0 Å². The second-order valence-electron chi connectivity index (χ2n) is 6.12. The molecule has 0 radical (unpaired) electrons. The number of nitrogens with zero attached hydrogens (tertiary/aromatic N) is 1. The summed E-state index contributed by atoms with van der Waals surface area (Å²) in [5.41, 5.74) is 4.35. The van der Waals surface area contributed by atoms with Gasteiger partial charge in [0.15, 0.2) is 0 Å². The van der Waals surface area contributed by atoms with Gasteiger partial charge in [-0.15, -0.1) is 0 Å². The number of aliphatic hydroxyl groups is 1. The van der Waals surface area contributed by atoms with E-state index >= 15 is 0 Å². The fourth-order valence-corrected chi connectivity index (χ4v) is 3.19. The summed E-state index contributed by atoms with van der Waals surface area (Å²) in [6.07, 6.45) is 2.91. The normalized spacial score (nSPS) is 19.6. The number of hydrogen-bond acceptors (Lipinski definition) is 2. The molecule has 2 rings (SSSR count). The number of likely N-dealkylation sites (tertiary alicyclic amines) is 1. The molecule has 1 aliphatic heterocycles. The first-order valence-electron chi connectivity index (χ1n) is 7.49. The molecule has 0 aromatic heterocycles. The first-order valence-corrected chi connectivity index (χ1v) is 7.49. The fraction of sp³-hybridized carbons (Fsp3) is 0.647. The Morgan fingerprint density at radius 1 is 1.05 bits per heavy atom. The molecule has 0 amide bonds. The predicted molar refractivity (Wildman–Crippen MR) is 80.5 cm³/mol. The van der Waals surface area contributed by atoms with Gasteiger partial charge in [0.2, 0.25) is 0 Å². The summed E-state index contributed by atoms with van der Waals surface area (Å²) >= 11 is 0. The Labute approximate surface area is 117 Å². The van der Waals surface area contributed by atoms with Crippen molar-refractivity contribution >= 4 is 0 Å². The van der Waals surface area contributed by atoms with E-state index < -0.39 is 5.60 Å². The summed E-state index contributed by atoms with van der Waals surface area (Å²) in [5, 5.41) is 11.0. The summed E-state index contributed by atoms with van der Waals surface area (Å²) in [5.74, 6) is 0. The van der Waals surface area contributed by atoms with Gasteiger partial charge in [-0.05, 0) is 68.8 Å². The van der Waals surface area contributed by atoms with Gasteiger partial charge >= 0.3 is 0 Å². The van der Waals surface area contributed by atoms with Crippen molar-refractivity contribution in [3.8, 4) is 0 Å². The number of hydrogen-bond donors (Lipinski definition) is 1. The van der Waals surface area contributed by atoms with Gasteiger partial charge < -0.3 is 10.0 Å². The van der Waals surface area contributed by atoms with Crippen molar-refractivity contribution in [1.82, 2.24) is 4.90 Å². The average Bonchev–Trinajstić information content (AvgIpc) is 2.37. The van der Waals surface area contributed by atoms with Crippen LogP contribution in [0.15, 0.2) is 12.1 Å². The summed E-state index contributed by atoms with van der Waals surface area (Å²) in [6, 6.07) is 4.40. The van der Waals surface area contributed by atoms with E-state index in [1.54, 1.807) is 0 Å². The lowest BCUT2D eigenvalue weighted by Crippen LogP contribution is -2.43. The Kier molecular flexibility index (Phi) is 4.32. The predicted octanol–water partition coefficient (Wildman–Crippen LogP) is 3.31. The van der Waals surface area contributed by atoms with Crippen LogP contribution in [-0.4, -0.2) is 29.6 Å². The summed E-state index contributed by atoms with van der Waals surface area (Å²) in [4.78, 5) is 2.46. The molecule has 0 saturated carbocycles. The van der Waals surface area contributed by atoms with E-state index in [0.29, 0.717) is 0 Å². The first-order chi connectivity index (χ1) is 8.96. The van der Waals surface area contributed by atoms with Gasteiger partial charge in [-0.1, -0.05) is 19.1 Å². The number of piperidine rings is 1. The molecule has 0 unspecified atom stereocenters. The van der Waals surface area contributed by atoms with Crippen LogP contribution in [0, 0.1) is 20.8 Å². The van der Waals surface area contributed by atoms with Gasteiger partial charge in [0.25, 0.3) is 0 Å². The van der Waals surface area contributed by atoms with Gasteiger partial charge in [0, 0.05) is 13.1 Å². The van der Waals surface area contributed by atoms with E-state index in [0.717, 1.165) is 38.0 Å². The van der Waals surface area contributed by atoms with Crippen molar-refractivity contribution < 1.29 is 5.11 Å². The van der Waals surface area contributed by atoms with E-state index in [1.165, 1.54) is 23.1 Å². The molecule has 106 valence electrons. The maximum Gasteiger partial charge on any atom is 0.0923 e. The quantitative estimate of drug-likeness (QED) is 0.902. The zero-order chi connectivity index (χ0) is 14.0. The Balaban J connectivity index is 2.20. The maximum atomic E-state index is 11.0. The van der Waals surface area contributed by atoms with E-state index in [2.05, 4.69) is 44.7 Å². The molecule has 2 nitrogen and oxygen atoms in total. The topological polar surface area (TPSA) is 23.5 Å². The highest BCUT2D eigenvalue weighted by Crippen LogP contribution is 2.35. The minimum atomic E-state index is -0.618. The number of benzene rings is 1. The second kappa shape index (κ2) is 5.64. The molecule has 0 spiro atoms. The smallest absolute Gasteiger partial charge is 0.0923 e.